The first-order valence-electron chi connectivity index (χ1n) is 6.56. The Morgan fingerprint density at radius 1 is 1.38 bits per heavy atom. The van der Waals surface area contributed by atoms with E-state index in [0.717, 1.165) is 19.4 Å². The van der Waals surface area contributed by atoms with Gasteiger partial charge in [-0.15, -0.1) is 0 Å². The molecule has 1 aliphatic carbocycles. The van der Waals surface area contributed by atoms with Crippen LogP contribution in [0.3, 0.4) is 0 Å². The van der Waals surface area contributed by atoms with Crippen molar-refractivity contribution in [3.8, 4) is 0 Å². The van der Waals surface area contributed by atoms with Gasteiger partial charge in [-0.05, 0) is 38.5 Å². The van der Waals surface area contributed by atoms with Crippen molar-refractivity contribution in [3.05, 3.63) is 0 Å². The summed E-state index contributed by atoms with van der Waals surface area (Å²) in [5.74, 6) is 0.704. The SMILES string of the molecule is CC1CCCCC1OCCCC(C)(N)CO. The largest absolute Gasteiger partial charge is 0.394 e. The van der Waals surface area contributed by atoms with Crippen LogP contribution in [0, 0.1) is 5.92 Å². The molecule has 96 valence electrons. The summed E-state index contributed by atoms with van der Waals surface area (Å²) in [5.41, 5.74) is 5.41. The molecule has 16 heavy (non-hydrogen) atoms. The van der Waals surface area contributed by atoms with Crippen LogP contribution in [0.4, 0.5) is 0 Å². The Labute approximate surface area is 99.4 Å². The summed E-state index contributed by atoms with van der Waals surface area (Å²) in [6.07, 6.45) is 7.39. The Morgan fingerprint density at radius 3 is 2.69 bits per heavy atom. The van der Waals surface area contributed by atoms with Gasteiger partial charge in [0.2, 0.25) is 0 Å². The third kappa shape index (κ3) is 4.81. The first-order valence-corrected chi connectivity index (χ1v) is 6.56. The molecule has 0 aliphatic heterocycles. The van der Waals surface area contributed by atoms with Crippen LogP contribution in [-0.2, 0) is 4.74 Å². The molecule has 1 rings (SSSR count). The highest BCUT2D eigenvalue weighted by molar-refractivity contribution is 4.77. The van der Waals surface area contributed by atoms with Gasteiger partial charge in [0.1, 0.15) is 0 Å². The zero-order valence-corrected chi connectivity index (χ0v) is 10.7. The van der Waals surface area contributed by atoms with Gasteiger partial charge in [0.25, 0.3) is 0 Å². The van der Waals surface area contributed by atoms with Gasteiger partial charge < -0.3 is 15.6 Å². The molecule has 1 fully saturated rings. The Balaban J connectivity index is 2.10. The molecule has 3 heteroatoms. The number of hydrogen-bond donors (Lipinski definition) is 2. The number of rotatable bonds is 6. The molecule has 3 unspecified atom stereocenters. The summed E-state index contributed by atoms with van der Waals surface area (Å²) >= 11 is 0. The van der Waals surface area contributed by atoms with Crippen LogP contribution < -0.4 is 5.73 Å². The van der Waals surface area contributed by atoms with E-state index >= 15 is 0 Å². The topological polar surface area (TPSA) is 55.5 Å². The van der Waals surface area contributed by atoms with Gasteiger partial charge >= 0.3 is 0 Å². The number of ether oxygens (including phenoxy) is 1. The Morgan fingerprint density at radius 2 is 2.06 bits per heavy atom. The summed E-state index contributed by atoms with van der Waals surface area (Å²) in [7, 11) is 0. The maximum atomic E-state index is 9.02. The highest BCUT2D eigenvalue weighted by Gasteiger charge is 2.22. The fraction of sp³-hybridized carbons (Fsp3) is 1.00. The highest BCUT2D eigenvalue weighted by atomic mass is 16.5. The zero-order chi connectivity index (χ0) is 12.0. The molecule has 1 aliphatic rings. The third-order valence-corrected chi connectivity index (χ3v) is 3.62. The quantitative estimate of drug-likeness (QED) is 0.686. The second kappa shape index (κ2) is 6.58. The summed E-state index contributed by atoms with van der Waals surface area (Å²) < 4.78 is 5.90. The van der Waals surface area contributed by atoms with Crippen molar-refractivity contribution < 1.29 is 9.84 Å². The van der Waals surface area contributed by atoms with Crippen molar-refractivity contribution in [2.24, 2.45) is 11.7 Å². The van der Waals surface area contributed by atoms with Gasteiger partial charge in [-0.2, -0.15) is 0 Å². The minimum absolute atomic E-state index is 0.0484. The van der Waals surface area contributed by atoms with E-state index in [1.165, 1.54) is 25.7 Å². The van der Waals surface area contributed by atoms with E-state index in [2.05, 4.69) is 6.92 Å². The van der Waals surface area contributed by atoms with Crippen LogP contribution in [0.1, 0.15) is 52.4 Å². The number of aliphatic hydroxyl groups is 1. The molecule has 3 nitrogen and oxygen atoms in total. The lowest BCUT2D eigenvalue weighted by Crippen LogP contribution is -2.40. The van der Waals surface area contributed by atoms with Crippen LogP contribution in [0.25, 0.3) is 0 Å². The smallest absolute Gasteiger partial charge is 0.0608 e. The van der Waals surface area contributed by atoms with Gasteiger partial charge in [0.05, 0.1) is 12.7 Å². The molecular weight excluding hydrogens is 202 g/mol. The average molecular weight is 229 g/mol. The Hall–Kier alpha value is -0.120. The summed E-state index contributed by atoms with van der Waals surface area (Å²) in [6, 6.07) is 0. The van der Waals surface area contributed by atoms with E-state index in [9.17, 15) is 0 Å². The predicted molar refractivity (Wildman–Crippen MR) is 66.3 cm³/mol. The van der Waals surface area contributed by atoms with Gasteiger partial charge in [0, 0.05) is 12.1 Å². The lowest BCUT2D eigenvalue weighted by atomic mass is 9.88. The molecule has 0 aromatic rings. The minimum atomic E-state index is -0.443. The number of hydrogen-bond acceptors (Lipinski definition) is 3. The van der Waals surface area contributed by atoms with E-state index in [1.54, 1.807) is 0 Å². The number of aliphatic hydroxyl groups excluding tert-OH is 1. The average Bonchev–Trinajstić information content (AvgIpc) is 2.27. The van der Waals surface area contributed by atoms with Gasteiger partial charge in [-0.25, -0.2) is 0 Å². The van der Waals surface area contributed by atoms with E-state index in [1.807, 2.05) is 6.92 Å². The maximum absolute atomic E-state index is 9.02. The summed E-state index contributed by atoms with van der Waals surface area (Å²) in [6.45, 7) is 5.00. The van der Waals surface area contributed by atoms with E-state index in [4.69, 9.17) is 15.6 Å². The van der Waals surface area contributed by atoms with E-state index < -0.39 is 5.54 Å². The van der Waals surface area contributed by atoms with Crippen molar-refractivity contribution in [1.29, 1.82) is 0 Å². The fourth-order valence-corrected chi connectivity index (χ4v) is 2.32. The molecule has 0 bridgehead atoms. The normalized spacial score (nSPS) is 30.0. The van der Waals surface area contributed by atoms with Crippen molar-refractivity contribution in [1.82, 2.24) is 0 Å². The van der Waals surface area contributed by atoms with Crippen LogP contribution in [-0.4, -0.2) is 30.0 Å². The van der Waals surface area contributed by atoms with Crippen molar-refractivity contribution in [3.63, 3.8) is 0 Å². The predicted octanol–water partition coefficient (Wildman–Crippen LogP) is 2.07. The van der Waals surface area contributed by atoms with E-state index in [0.29, 0.717) is 12.0 Å². The second-order valence-corrected chi connectivity index (χ2v) is 5.59. The first kappa shape index (κ1) is 13.9. The van der Waals surface area contributed by atoms with E-state index in [-0.39, 0.29) is 6.61 Å². The van der Waals surface area contributed by atoms with Crippen molar-refractivity contribution in [2.45, 2.75) is 64.0 Å². The molecule has 3 atom stereocenters. The van der Waals surface area contributed by atoms with Crippen LogP contribution in [0.5, 0.6) is 0 Å². The second-order valence-electron chi connectivity index (χ2n) is 5.59. The molecule has 0 aromatic carbocycles. The Kier molecular flexibility index (Phi) is 5.73. The standard InChI is InChI=1S/C13H27NO2/c1-11-6-3-4-7-12(11)16-9-5-8-13(2,14)10-15/h11-12,15H,3-10,14H2,1-2H3. The van der Waals surface area contributed by atoms with Crippen molar-refractivity contribution >= 4 is 0 Å². The van der Waals surface area contributed by atoms with Gasteiger partial charge in [-0.3, -0.25) is 0 Å². The molecule has 3 N–H and O–H groups in total. The Bertz CT molecular complexity index is 194. The highest BCUT2D eigenvalue weighted by Crippen LogP contribution is 2.26. The monoisotopic (exact) mass is 229 g/mol. The van der Waals surface area contributed by atoms with Gasteiger partial charge in [-0.1, -0.05) is 19.8 Å². The third-order valence-electron chi connectivity index (χ3n) is 3.62. The molecule has 0 amide bonds. The lowest BCUT2D eigenvalue weighted by molar-refractivity contribution is -0.00856. The van der Waals surface area contributed by atoms with Gasteiger partial charge in [0.15, 0.2) is 0 Å². The van der Waals surface area contributed by atoms with Crippen LogP contribution in [0.2, 0.25) is 0 Å². The molecule has 0 radical (unpaired) electrons. The lowest BCUT2D eigenvalue weighted by Gasteiger charge is -2.29. The van der Waals surface area contributed by atoms with Crippen LogP contribution in [0.15, 0.2) is 0 Å². The van der Waals surface area contributed by atoms with Crippen molar-refractivity contribution in [2.75, 3.05) is 13.2 Å². The first-order chi connectivity index (χ1) is 7.55. The minimum Gasteiger partial charge on any atom is -0.394 e. The molecule has 0 saturated heterocycles. The molecule has 0 spiro atoms. The molecule has 0 heterocycles. The number of nitrogens with two attached hydrogens (primary N) is 1. The zero-order valence-electron chi connectivity index (χ0n) is 10.7. The summed E-state index contributed by atoms with van der Waals surface area (Å²) in [5, 5.41) is 9.02. The fourth-order valence-electron chi connectivity index (χ4n) is 2.32. The molecule has 0 aromatic heterocycles. The van der Waals surface area contributed by atoms with Crippen LogP contribution >= 0.6 is 0 Å². The molecular formula is C13H27NO2. The maximum Gasteiger partial charge on any atom is 0.0608 e. The molecule has 1 saturated carbocycles. The summed E-state index contributed by atoms with van der Waals surface area (Å²) in [4.78, 5) is 0.